The molecule has 5 aromatic carbocycles. The number of halogens is 1. The Morgan fingerprint density at radius 1 is 0.710 bits per heavy atom. The fraction of sp³-hybridized carbons (Fsp3) is 0. The number of carbonyl (C=O) groups is 1. The van der Waals surface area contributed by atoms with Crippen molar-refractivity contribution in [2.24, 2.45) is 4.99 Å². The highest BCUT2D eigenvalue weighted by molar-refractivity contribution is 6.31. The largest absolute Gasteiger partial charge is 0.289 e. The molecule has 0 spiro atoms. The second-order valence-electron chi connectivity index (χ2n) is 7.35. The van der Waals surface area contributed by atoms with Crippen molar-refractivity contribution >= 4 is 50.8 Å². The van der Waals surface area contributed by atoms with Crippen LogP contribution in [-0.2, 0) is 0 Å². The lowest BCUT2D eigenvalue weighted by Crippen LogP contribution is -2.01. The maximum absolute atomic E-state index is 13.1. The molecule has 0 N–H and O–H groups in total. The molecular weight excluding hydrogens is 402 g/mol. The number of rotatable bonds is 4. The van der Waals surface area contributed by atoms with E-state index in [9.17, 15) is 4.79 Å². The van der Waals surface area contributed by atoms with Crippen LogP contribution < -0.4 is 0 Å². The average molecular weight is 420 g/mol. The van der Waals surface area contributed by atoms with Gasteiger partial charge in [-0.1, -0.05) is 90.5 Å². The molecule has 0 aromatic heterocycles. The molecule has 5 rings (SSSR count). The van der Waals surface area contributed by atoms with Crippen molar-refractivity contribution in [3.05, 3.63) is 125 Å². The number of ketones is 1. The van der Waals surface area contributed by atoms with Gasteiger partial charge in [0.15, 0.2) is 5.78 Å². The third-order valence-corrected chi connectivity index (χ3v) is 5.62. The van der Waals surface area contributed by atoms with E-state index in [4.69, 9.17) is 16.6 Å². The van der Waals surface area contributed by atoms with Gasteiger partial charge >= 0.3 is 0 Å². The van der Waals surface area contributed by atoms with Crippen LogP contribution in [-0.4, -0.2) is 12.0 Å². The lowest BCUT2D eigenvalue weighted by molar-refractivity contribution is 0.103. The highest BCUT2D eigenvalue weighted by atomic mass is 35.5. The molecule has 0 saturated heterocycles. The highest BCUT2D eigenvalue weighted by Crippen LogP contribution is 2.30. The van der Waals surface area contributed by atoms with E-state index in [0.717, 1.165) is 27.1 Å². The molecule has 0 fully saturated rings. The normalized spacial score (nSPS) is 11.4. The quantitative estimate of drug-likeness (QED) is 0.167. The lowest BCUT2D eigenvalue weighted by atomic mass is 9.97. The van der Waals surface area contributed by atoms with Gasteiger partial charge in [0.1, 0.15) is 0 Å². The van der Waals surface area contributed by atoms with Gasteiger partial charge in [-0.2, -0.15) is 0 Å². The average Bonchev–Trinajstić information content (AvgIpc) is 2.82. The molecule has 5 aromatic rings. The number of benzene rings is 5. The Morgan fingerprint density at radius 3 is 2.00 bits per heavy atom. The van der Waals surface area contributed by atoms with Crippen molar-refractivity contribution in [1.29, 1.82) is 0 Å². The van der Waals surface area contributed by atoms with E-state index in [2.05, 4.69) is 30.3 Å². The van der Waals surface area contributed by atoms with Crippen LogP contribution in [0.1, 0.15) is 21.5 Å². The number of fused-ring (bicyclic) bond motifs is 2. The van der Waals surface area contributed by atoms with E-state index >= 15 is 0 Å². The topological polar surface area (TPSA) is 29.4 Å². The monoisotopic (exact) mass is 419 g/mol. The Balaban J connectivity index is 1.67. The molecule has 0 aliphatic heterocycles. The summed E-state index contributed by atoms with van der Waals surface area (Å²) < 4.78 is 0. The Bertz CT molecular complexity index is 1400. The summed E-state index contributed by atoms with van der Waals surface area (Å²) in [5.41, 5.74) is 2.72. The molecule has 0 saturated carbocycles. The lowest BCUT2D eigenvalue weighted by Gasteiger charge is -2.09. The molecule has 0 heterocycles. The summed E-state index contributed by atoms with van der Waals surface area (Å²) in [6.07, 6.45) is 1.86. The number of hydrogen-bond acceptors (Lipinski definition) is 2. The zero-order chi connectivity index (χ0) is 21.2. The minimum Gasteiger partial charge on any atom is -0.289 e. The molecule has 0 unspecified atom stereocenters. The van der Waals surface area contributed by atoms with Crippen LogP contribution in [0.4, 0.5) is 5.69 Å². The van der Waals surface area contributed by atoms with Crippen LogP contribution in [0.15, 0.2) is 108 Å². The van der Waals surface area contributed by atoms with Crippen molar-refractivity contribution < 1.29 is 4.79 Å². The molecule has 3 heteroatoms. The summed E-state index contributed by atoms with van der Waals surface area (Å²) in [6.45, 7) is 0. The second-order valence-corrected chi connectivity index (χ2v) is 7.78. The molecule has 2 nitrogen and oxygen atoms in total. The summed E-state index contributed by atoms with van der Waals surface area (Å²) in [7, 11) is 0. The minimum atomic E-state index is -0.0990. The van der Waals surface area contributed by atoms with E-state index in [0.29, 0.717) is 21.8 Å². The van der Waals surface area contributed by atoms with Gasteiger partial charge < -0.3 is 0 Å². The molecule has 0 atom stereocenters. The van der Waals surface area contributed by atoms with E-state index in [1.807, 2.05) is 48.7 Å². The predicted octanol–water partition coefficient (Wildman–Crippen LogP) is 7.63. The Hall–Kier alpha value is -3.75. The van der Waals surface area contributed by atoms with E-state index < -0.39 is 0 Å². The first-order valence-corrected chi connectivity index (χ1v) is 10.4. The van der Waals surface area contributed by atoms with Crippen molar-refractivity contribution in [1.82, 2.24) is 0 Å². The summed E-state index contributed by atoms with van der Waals surface area (Å²) in [6, 6.07) is 33.2. The zero-order valence-corrected chi connectivity index (χ0v) is 17.4. The maximum atomic E-state index is 13.1. The molecule has 0 aliphatic carbocycles. The SMILES string of the molecule is O=C(c1ccccc1)c1cc(Cl)ccc1N=Cc1c2ccccc2cc2ccccc12. The highest BCUT2D eigenvalue weighted by Gasteiger charge is 2.14. The third-order valence-electron chi connectivity index (χ3n) is 5.38. The van der Waals surface area contributed by atoms with Crippen molar-refractivity contribution in [2.75, 3.05) is 0 Å². The number of nitrogens with zero attached hydrogens (tertiary/aromatic N) is 1. The Morgan fingerprint density at radius 2 is 1.32 bits per heavy atom. The summed E-state index contributed by atoms with van der Waals surface area (Å²) in [5, 5.41) is 5.05. The van der Waals surface area contributed by atoms with Gasteiger partial charge in [-0.05, 0) is 45.8 Å². The first-order chi connectivity index (χ1) is 15.2. The standard InChI is InChI=1S/C28H18ClNO/c29-22-14-15-27(25(17-22)28(31)19-8-2-1-3-9-19)30-18-26-23-12-6-4-10-20(23)16-21-11-5-7-13-24(21)26/h1-18H. The van der Waals surface area contributed by atoms with Crippen LogP contribution >= 0.6 is 11.6 Å². The first-order valence-electron chi connectivity index (χ1n) is 10.0. The molecular formula is C28H18ClNO. The number of hydrogen-bond donors (Lipinski definition) is 0. The van der Waals surface area contributed by atoms with Gasteiger partial charge in [-0.25, -0.2) is 0 Å². The molecule has 0 radical (unpaired) electrons. The molecule has 31 heavy (non-hydrogen) atoms. The van der Waals surface area contributed by atoms with Crippen molar-refractivity contribution in [2.45, 2.75) is 0 Å². The van der Waals surface area contributed by atoms with Gasteiger partial charge in [0.2, 0.25) is 0 Å². The van der Waals surface area contributed by atoms with Crippen molar-refractivity contribution in [3.63, 3.8) is 0 Å². The number of aliphatic imine (C=N–C) groups is 1. The van der Waals surface area contributed by atoms with Gasteiger partial charge in [-0.3, -0.25) is 9.79 Å². The zero-order valence-electron chi connectivity index (χ0n) is 16.6. The van der Waals surface area contributed by atoms with Crippen LogP contribution in [0.2, 0.25) is 5.02 Å². The molecule has 0 bridgehead atoms. The first kappa shape index (κ1) is 19.2. The van der Waals surface area contributed by atoms with Crippen LogP contribution in [0, 0.1) is 0 Å². The second kappa shape index (κ2) is 8.17. The predicted molar refractivity (Wildman–Crippen MR) is 130 cm³/mol. The fourth-order valence-corrected chi connectivity index (χ4v) is 4.04. The third kappa shape index (κ3) is 3.74. The van der Waals surface area contributed by atoms with Gasteiger partial charge in [0.25, 0.3) is 0 Å². The fourth-order valence-electron chi connectivity index (χ4n) is 3.87. The van der Waals surface area contributed by atoms with E-state index in [1.54, 1.807) is 30.3 Å². The number of carbonyl (C=O) groups excluding carboxylic acids is 1. The van der Waals surface area contributed by atoms with Gasteiger partial charge in [0.05, 0.1) is 5.69 Å². The van der Waals surface area contributed by atoms with E-state index in [1.165, 1.54) is 0 Å². The summed E-state index contributed by atoms with van der Waals surface area (Å²) >= 11 is 6.22. The van der Waals surface area contributed by atoms with Crippen LogP contribution in [0.5, 0.6) is 0 Å². The van der Waals surface area contributed by atoms with E-state index in [-0.39, 0.29) is 5.78 Å². The van der Waals surface area contributed by atoms with Gasteiger partial charge in [-0.15, -0.1) is 0 Å². The molecule has 0 aliphatic rings. The maximum Gasteiger partial charge on any atom is 0.195 e. The molecule has 0 amide bonds. The Labute approximate surface area is 185 Å². The van der Waals surface area contributed by atoms with Gasteiger partial charge in [0, 0.05) is 27.9 Å². The summed E-state index contributed by atoms with van der Waals surface area (Å²) in [5.74, 6) is -0.0990. The summed E-state index contributed by atoms with van der Waals surface area (Å²) in [4.78, 5) is 17.9. The molecule has 148 valence electrons. The van der Waals surface area contributed by atoms with Crippen LogP contribution in [0.3, 0.4) is 0 Å². The smallest absolute Gasteiger partial charge is 0.195 e. The Kier molecular flexibility index (Phi) is 5.07. The van der Waals surface area contributed by atoms with Crippen molar-refractivity contribution in [3.8, 4) is 0 Å². The minimum absolute atomic E-state index is 0.0990. The van der Waals surface area contributed by atoms with Crippen LogP contribution in [0.25, 0.3) is 21.5 Å².